The maximum Gasteiger partial charge on any atom is 0.0558 e. The van der Waals surface area contributed by atoms with Crippen molar-refractivity contribution in [2.45, 2.75) is 18.9 Å². The lowest BCUT2D eigenvalue weighted by Gasteiger charge is -2.23. The normalized spacial score (nSPS) is 19.4. The maximum atomic E-state index is 9.02. The van der Waals surface area contributed by atoms with Crippen molar-refractivity contribution in [3.63, 3.8) is 0 Å². The van der Waals surface area contributed by atoms with E-state index in [1.165, 1.54) is 0 Å². The van der Waals surface area contributed by atoms with Crippen LogP contribution in [0, 0.1) is 0 Å². The van der Waals surface area contributed by atoms with Crippen LogP contribution in [0.4, 0.5) is 0 Å². The van der Waals surface area contributed by atoms with E-state index >= 15 is 0 Å². The molecule has 0 amide bonds. The largest absolute Gasteiger partial charge is 0.395 e. The molecule has 1 atom stereocenters. The fraction of sp³-hybridized carbons (Fsp3) is 0.625. The van der Waals surface area contributed by atoms with Crippen molar-refractivity contribution in [3.8, 4) is 0 Å². The molecule has 1 aliphatic rings. The third kappa shape index (κ3) is 5.57. The van der Waals surface area contributed by atoms with Crippen LogP contribution < -0.4 is 5.73 Å². The first-order valence-corrected chi connectivity index (χ1v) is 8.13. The summed E-state index contributed by atoms with van der Waals surface area (Å²) in [6.07, 6.45) is 2.12. The van der Waals surface area contributed by atoms with Crippen molar-refractivity contribution in [2.75, 3.05) is 45.9 Å². The number of halogens is 1. The summed E-state index contributed by atoms with van der Waals surface area (Å²) in [4.78, 5) is 4.81. The Kier molecular flexibility index (Phi) is 6.93. The average Bonchev–Trinajstić information content (AvgIpc) is 2.71. The van der Waals surface area contributed by atoms with E-state index in [1.807, 2.05) is 24.3 Å². The molecule has 5 heteroatoms. The molecule has 1 aliphatic heterocycles. The minimum Gasteiger partial charge on any atom is -0.395 e. The fourth-order valence-electron chi connectivity index (χ4n) is 2.81. The number of benzene rings is 1. The molecule has 1 aromatic rings. The van der Waals surface area contributed by atoms with Crippen molar-refractivity contribution in [1.82, 2.24) is 9.80 Å². The number of nitrogens with zero attached hydrogens (tertiary/aromatic N) is 2. The highest BCUT2D eigenvalue weighted by atomic mass is 35.5. The van der Waals surface area contributed by atoms with Crippen molar-refractivity contribution >= 4 is 11.6 Å². The summed E-state index contributed by atoms with van der Waals surface area (Å²) in [5, 5.41) is 9.77. The Hall–Kier alpha value is -0.650. The van der Waals surface area contributed by atoms with E-state index in [0.29, 0.717) is 0 Å². The third-order valence-electron chi connectivity index (χ3n) is 4.15. The predicted octanol–water partition coefficient (Wildman–Crippen LogP) is 1.73. The molecule has 21 heavy (non-hydrogen) atoms. The fourth-order valence-corrected chi connectivity index (χ4v) is 2.94. The molecule has 0 bridgehead atoms. The lowest BCUT2D eigenvalue weighted by Crippen LogP contribution is -2.33. The van der Waals surface area contributed by atoms with Gasteiger partial charge in [0.1, 0.15) is 0 Å². The zero-order valence-electron chi connectivity index (χ0n) is 12.5. The molecular formula is C16H26ClN3O. The van der Waals surface area contributed by atoms with Gasteiger partial charge in [-0.3, -0.25) is 4.90 Å². The molecular weight excluding hydrogens is 286 g/mol. The van der Waals surface area contributed by atoms with E-state index in [2.05, 4.69) is 9.80 Å². The van der Waals surface area contributed by atoms with E-state index in [-0.39, 0.29) is 12.6 Å². The van der Waals surface area contributed by atoms with E-state index in [9.17, 15) is 0 Å². The summed E-state index contributed by atoms with van der Waals surface area (Å²) in [6.45, 7) is 6.37. The minimum absolute atomic E-state index is 0.0686. The van der Waals surface area contributed by atoms with Crippen molar-refractivity contribution in [1.29, 1.82) is 0 Å². The number of aliphatic hydroxyl groups excluding tert-OH is 1. The molecule has 1 saturated heterocycles. The predicted molar refractivity (Wildman–Crippen MR) is 87.6 cm³/mol. The van der Waals surface area contributed by atoms with E-state index in [4.69, 9.17) is 22.4 Å². The van der Waals surface area contributed by atoms with Crippen LogP contribution in [0.15, 0.2) is 24.3 Å². The van der Waals surface area contributed by atoms with Crippen LogP contribution in [-0.4, -0.2) is 60.8 Å². The van der Waals surface area contributed by atoms with E-state index < -0.39 is 0 Å². The zero-order valence-corrected chi connectivity index (χ0v) is 13.3. The summed E-state index contributed by atoms with van der Waals surface area (Å²) in [6, 6.07) is 7.89. The molecule has 118 valence electrons. The first kappa shape index (κ1) is 16.7. The van der Waals surface area contributed by atoms with Gasteiger partial charge in [0.05, 0.1) is 6.61 Å². The third-order valence-corrected chi connectivity index (χ3v) is 4.40. The van der Waals surface area contributed by atoms with Crippen LogP contribution in [0.2, 0.25) is 5.02 Å². The van der Waals surface area contributed by atoms with Gasteiger partial charge in [0.25, 0.3) is 0 Å². The molecule has 1 heterocycles. The van der Waals surface area contributed by atoms with Gasteiger partial charge in [0.2, 0.25) is 0 Å². The molecule has 3 N–H and O–H groups in total. The molecule has 1 fully saturated rings. The highest BCUT2D eigenvalue weighted by molar-refractivity contribution is 6.30. The van der Waals surface area contributed by atoms with Crippen LogP contribution in [-0.2, 0) is 0 Å². The SMILES string of the molecule is NC(CCN1CCCN(CCO)CC1)c1ccc(Cl)cc1. The van der Waals surface area contributed by atoms with Crippen LogP contribution in [0.5, 0.6) is 0 Å². The van der Waals surface area contributed by atoms with E-state index in [1.54, 1.807) is 0 Å². The highest BCUT2D eigenvalue weighted by Crippen LogP contribution is 2.18. The summed E-state index contributed by atoms with van der Waals surface area (Å²) in [5.41, 5.74) is 7.41. The molecule has 0 aromatic heterocycles. The van der Waals surface area contributed by atoms with Crippen LogP contribution in [0.25, 0.3) is 0 Å². The molecule has 0 radical (unpaired) electrons. The lowest BCUT2D eigenvalue weighted by atomic mass is 10.0. The van der Waals surface area contributed by atoms with Crippen LogP contribution in [0.3, 0.4) is 0 Å². The van der Waals surface area contributed by atoms with Gasteiger partial charge in [-0.15, -0.1) is 0 Å². The van der Waals surface area contributed by atoms with Crippen molar-refractivity contribution in [3.05, 3.63) is 34.9 Å². The van der Waals surface area contributed by atoms with Gasteiger partial charge in [0, 0.05) is 30.7 Å². The maximum absolute atomic E-state index is 9.02. The van der Waals surface area contributed by atoms with Gasteiger partial charge in [-0.05, 0) is 50.2 Å². The average molecular weight is 312 g/mol. The van der Waals surface area contributed by atoms with Crippen LogP contribution in [0.1, 0.15) is 24.4 Å². The Morgan fingerprint density at radius 2 is 1.67 bits per heavy atom. The summed E-state index contributed by atoms with van der Waals surface area (Å²) < 4.78 is 0. The molecule has 4 nitrogen and oxygen atoms in total. The molecule has 2 rings (SSSR count). The Morgan fingerprint density at radius 1 is 1.05 bits per heavy atom. The topological polar surface area (TPSA) is 52.7 Å². The first-order valence-electron chi connectivity index (χ1n) is 7.75. The van der Waals surface area contributed by atoms with Crippen molar-refractivity contribution in [2.24, 2.45) is 5.73 Å². The van der Waals surface area contributed by atoms with Gasteiger partial charge in [-0.2, -0.15) is 0 Å². The Bertz CT molecular complexity index is 412. The Balaban J connectivity index is 1.76. The molecule has 0 saturated carbocycles. The van der Waals surface area contributed by atoms with Gasteiger partial charge in [0.15, 0.2) is 0 Å². The number of β-amino-alcohol motifs (C(OH)–C–C–N with tert-alkyl or cyclic N) is 1. The number of hydrogen-bond donors (Lipinski definition) is 2. The number of nitrogens with two attached hydrogens (primary N) is 1. The lowest BCUT2D eigenvalue weighted by molar-refractivity contribution is 0.196. The monoisotopic (exact) mass is 311 g/mol. The number of aliphatic hydroxyl groups is 1. The standard InChI is InChI=1S/C16H26ClN3O/c17-15-4-2-14(3-5-15)16(18)6-9-19-7-1-8-20(11-10-19)12-13-21/h2-5,16,21H,1,6-13,18H2. The second-order valence-corrected chi connectivity index (χ2v) is 6.14. The molecule has 1 unspecified atom stereocenters. The smallest absolute Gasteiger partial charge is 0.0558 e. The molecule has 0 spiro atoms. The van der Waals surface area contributed by atoms with Gasteiger partial charge in [-0.25, -0.2) is 0 Å². The summed E-state index contributed by atoms with van der Waals surface area (Å²) >= 11 is 5.90. The summed E-state index contributed by atoms with van der Waals surface area (Å²) in [7, 11) is 0. The number of hydrogen-bond acceptors (Lipinski definition) is 4. The van der Waals surface area contributed by atoms with E-state index in [0.717, 1.165) is 62.7 Å². The molecule has 0 aliphatic carbocycles. The number of rotatable bonds is 6. The van der Waals surface area contributed by atoms with Gasteiger partial charge < -0.3 is 15.7 Å². The highest BCUT2D eigenvalue weighted by Gasteiger charge is 2.15. The molecule has 1 aromatic carbocycles. The summed E-state index contributed by atoms with van der Waals surface area (Å²) in [5.74, 6) is 0. The second-order valence-electron chi connectivity index (χ2n) is 5.71. The quantitative estimate of drug-likeness (QED) is 0.840. The van der Waals surface area contributed by atoms with Crippen LogP contribution >= 0.6 is 11.6 Å². The van der Waals surface area contributed by atoms with Gasteiger partial charge in [-0.1, -0.05) is 23.7 Å². The second kappa shape index (κ2) is 8.71. The Labute approximate surface area is 132 Å². The first-order chi connectivity index (χ1) is 10.2. The van der Waals surface area contributed by atoms with Crippen molar-refractivity contribution < 1.29 is 5.11 Å². The minimum atomic E-state index is 0.0686. The zero-order chi connectivity index (χ0) is 15.1. The Morgan fingerprint density at radius 3 is 2.29 bits per heavy atom. The van der Waals surface area contributed by atoms with Gasteiger partial charge >= 0.3 is 0 Å².